The van der Waals surface area contributed by atoms with E-state index in [1.54, 1.807) is 11.9 Å². The maximum atomic E-state index is 12.2. The molecule has 0 aromatic heterocycles. The summed E-state index contributed by atoms with van der Waals surface area (Å²) in [5.41, 5.74) is 2.36. The van der Waals surface area contributed by atoms with E-state index in [-0.39, 0.29) is 18.1 Å². The second kappa shape index (κ2) is 9.04. The van der Waals surface area contributed by atoms with Gasteiger partial charge in [-0.2, -0.15) is 0 Å². The summed E-state index contributed by atoms with van der Waals surface area (Å²) in [7, 11) is 5.90. The molecule has 0 spiro atoms. The Morgan fingerprint density at radius 2 is 1.75 bits per heavy atom. The summed E-state index contributed by atoms with van der Waals surface area (Å²) in [5.74, 6) is 0.208. The number of benzene rings is 1. The van der Waals surface area contributed by atoms with Crippen molar-refractivity contribution in [3.8, 4) is 0 Å². The molecule has 2 rings (SSSR count). The monoisotopic (exact) mass is 333 g/mol. The van der Waals surface area contributed by atoms with E-state index < -0.39 is 0 Å². The number of carbonyl (C=O) groups is 1. The lowest BCUT2D eigenvalue weighted by atomic mass is 9.86. The Hall–Kier alpha value is -1.59. The highest BCUT2D eigenvalue weighted by atomic mass is 16.3. The molecule has 1 saturated carbocycles. The van der Waals surface area contributed by atoms with Crippen LogP contribution in [0.1, 0.15) is 36.8 Å². The smallest absolute Gasteiger partial charge is 0.317 e. The molecule has 1 aliphatic rings. The largest absolute Gasteiger partial charge is 0.393 e. The van der Waals surface area contributed by atoms with E-state index in [9.17, 15) is 9.90 Å². The van der Waals surface area contributed by atoms with E-state index in [2.05, 4.69) is 34.5 Å². The fourth-order valence-electron chi connectivity index (χ4n) is 3.28. The minimum Gasteiger partial charge on any atom is -0.393 e. The lowest BCUT2D eigenvalue weighted by Crippen LogP contribution is -2.42. The number of urea groups is 1. The number of carbonyl (C=O) groups excluding carboxylic acids is 1. The number of nitrogens with one attached hydrogen (secondary N) is 1. The van der Waals surface area contributed by atoms with Crippen molar-refractivity contribution in [3.63, 3.8) is 0 Å². The maximum Gasteiger partial charge on any atom is 0.317 e. The van der Waals surface area contributed by atoms with E-state index in [1.165, 1.54) is 5.56 Å². The Morgan fingerprint density at radius 3 is 2.38 bits per heavy atom. The lowest BCUT2D eigenvalue weighted by molar-refractivity contribution is 0.0565. The summed E-state index contributed by atoms with van der Waals surface area (Å²) in [6.07, 6.45) is 3.85. The number of hydrogen-bond donors (Lipinski definition) is 2. The van der Waals surface area contributed by atoms with E-state index in [0.29, 0.717) is 13.1 Å². The number of amides is 2. The Morgan fingerprint density at radius 1 is 1.12 bits per heavy atom. The molecule has 1 aliphatic carbocycles. The van der Waals surface area contributed by atoms with Crippen LogP contribution in [-0.2, 0) is 13.1 Å². The zero-order valence-corrected chi connectivity index (χ0v) is 15.2. The Labute approximate surface area is 145 Å². The van der Waals surface area contributed by atoms with Crippen molar-refractivity contribution in [3.05, 3.63) is 35.4 Å². The number of hydrogen-bond acceptors (Lipinski definition) is 3. The van der Waals surface area contributed by atoms with Gasteiger partial charge in [0, 0.05) is 32.6 Å². The van der Waals surface area contributed by atoms with Gasteiger partial charge in [-0.25, -0.2) is 4.79 Å². The molecule has 0 saturated heterocycles. The molecular weight excluding hydrogens is 302 g/mol. The summed E-state index contributed by atoms with van der Waals surface area (Å²) >= 11 is 0. The summed E-state index contributed by atoms with van der Waals surface area (Å²) in [4.78, 5) is 16.1. The molecule has 0 heterocycles. The molecule has 24 heavy (non-hydrogen) atoms. The molecule has 2 N–H and O–H groups in total. The van der Waals surface area contributed by atoms with Crippen LogP contribution in [0.2, 0.25) is 0 Å². The molecule has 1 aromatic rings. The SMILES string of the molecule is CN(C)Cc1ccc(CNC(=O)N(C)C[C@@H]2CCCC[C@H]2O)cc1. The van der Waals surface area contributed by atoms with Gasteiger partial charge < -0.3 is 20.2 Å². The normalized spacial score (nSPS) is 20.9. The number of nitrogens with zero attached hydrogens (tertiary/aromatic N) is 2. The van der Waals surface area contributed by atoms with Crippen molar-refractivity contribution in [2.24, 2.45) is 5.92 Å². The van der Waals surface area contributed by atoms with Gasteiger partial charge >= 0.3 is 6.03 Å². The van der Waals surface area contributed by atoms with Crippen LogP contribution in [0.15, 0.2) is 24.3 Å². The molecule has 134 valence electrons. The lowest BCUT2D eigenvalue weighted by Gasteiger charge is -2.31. The fraction of sp³-hybridized carbons (Fsp3) is 0.632. The van der Waals surface area contributed by atoms with Crippen molar-refractivity contribution >= 4 is 6.03 Å². The standard InChI is InChI=1S/C19H31N3O2/c1-21(2)13-16-10-8-15(9-11-16)12-20-19(24)22(3)14-17-6-4-5-7-18(17)23/h8-11,17-18,23H,4-7,12-14H2,1-3H3,(H,20,24)/t17-,18+/m0/s1. The number of aliphatic hydroxyl groups excluding tert-OH is 1. The maximum absolute atomic E-state index is 12.2. The van der Waals surface area contributed by atoms with Gasteiger partial charge in [-0.05, 0) is 38.1 Å². The fourth-order valence-corrected chi connectivity index (χ4v) is 3.28. The first-order chi connectivity index (χ1) is 11.5. The van der Waals surface area contributed by atoms with Crippen molar-refractivity contribution in [1.82, 2.24) is 15.1 Å². The van der Waals surface area contributed by atoms with Gasteiger partial charge in [-0.1, -0.05) is 37.1 Å². The van der Waals surface area contributed by atoms with E-state index >= 15 is 0 Å². The van der Waals surface area contributed by atoms with Crippen LogP contribution >= 0.6 is 0 Å². The average Bonchev–Trinajstić information content (AvgIpc) is 2.55. The molecule has 1 aromatic carbocycles. The van der Waals surface area contributed by atoms with Crippen LogP contribution in [0, 0.1) is 5.92 Å². The first kappa shape index (κ1) is 18.7. The summed E-state index contributed by atoms with van der Waals surface area (Å²) in [5, 5.41) is 13.0. The van der Waals surface area contributed by atoms with Crippen LogP contribution in [0.3, 0.4) is 0 Å². The molecule has 2 amide bonds. The van der Waals surface area contributed by atoms with Gasteiger partial charge in [0.25, 0.3) is 0 Å². The Balaban J connectivity index is 1.77. The van der Waals surface area contributed by atoms with Crippen LogP contribution in [0.4, 0.5) is 4.79 Å². The predicted octanol–water partition coefficient (Wildman–Crippen LogP) is 2.44. The topological polar surface area (TPSA) is 55.8 Å². The second-order valence-corrected chi connectivity index (χ2v) is 7.21. The minimum absolute atomic E-state index is 0.0786. The highest BCUT2D eigenvalue weighted by Crippen LogP contribution is 2.24. The van der Waals surface area contributed by atoms with Gasteiger partial charge in [0.15, 0.2) is 0 Å². The zero-order valence-electron chi connectivity index (χ0n) is 15.2. The zero-order chi connectivity index (χ0) is 17.5. The second-order valence-electron chi connectivity index (χ2n) is 7.21. The summed E-state index contributed by atoms with van der Waals surface area (Å²) < 4.78 is 0. The molecule has 0 bridgehead atoms. The van der Waals surface area contributed by atoms with Gasteiger partial charge in [0.1, 0.15) is 0 Å². The van der Waals surface area contributed by atoms with E-state index in [0.717, 1.165) is 37.8 Å². The first-order valence-corrected chi connectivity index (χ1v) is 8.85. The van der Waals surface area contributed by atoms with Crippen molar-refractivity contribution < 1.29 is 9.90 Å². The highest BCUT2D eigenvalue weighted by molar-refractivity contribution is 5.73. The number of rotatable bonds is 6. The highest BCUT2D eigenvalue weighted by Gasteiger charge is 2.25. The Kier molecular flexibility index (Phi) is 7.06. The molecule has 0 aliphatic heterocycles. The van der Waals surface area contributed by atoms with E-state index in [1.807, 2.05) is 14.1 Å². The first-order valence-electron chi connectivity index (χ1n) is 8.85. The van der Waals surface area contributed by atoms with Crippen LogP contribution in [0.5, 0.6) is 0 Å². The predicted molar refractivity (Wildman–Crippen MR) is 96.7 cm³/mol. The molecule has 1 fully saturated rings. The molecule has 5 heteroatoms. The number of aliphatic hydroxyl groups is 1. The molecular formula is C19H31N3O2. The third-order valence-corrected chi connectivity index (χ3v) is 4.69. The third-order valence-electron chi connectivity index (χ3n) is 4.69. The molecule has 0 unspecified atom stereocenters. The minimum atomic E-state index is -0.266. The van der Waals surface area contributed by atoms with Gasteiger partial charge in [0.05, 0.1) is 6.10 Å². The van der Waals surface area contributed by atoms with Crippen LogP contribution < -0.4 is 5.32 Å². The van der Waals surface area contributed by atoms with Crippen molar-refractivity contribution in [2.75, 3.05) is 27.7 Å². The summed E-state index contributed by atoms with van der Waals surface area (Å²) in [6, 6.07) is 8.24. The molecule has 2 atom stereocenters. The van der Waals surface area contributed by atoms with Crippen LogP contribution in [-0.4, -0.2) is 54.7 Å². The van der Waals surface area contributed by atoms with E-state index in [4.69, 9.17) is 0 Å². The van der Waals surface area contributed by atoms with Gasteiger partial charge in [-0.3, -0.25) is 0 Å². The average molecular weight is 333 g/mol. The van der Waals surface area contributed by atoms with Crippen molar-refractivity contribution in [2.45, 2.75) is 44.9 Å². The van der Waals surface area contributed by atoms with Crippen LogP contribution in [0.25, 0.3) is 0 Å². The van der Waals surface area contributed by atoms with Gasteiger partial charge in [0.2, 0.25) is 0 Å². The molecule has 0 radical (unpaired) electrons. The Bertz CT molecular complexity index is 516. The quantitative estimate of drug-likeness (QED) is 0.841. The third kappa shape index (κ3) is 5.80. The summed E-state index contributed by atoms with van der Waals surface area (Å²) in [6.45, 7) is 2.06. The molecule has 5 nitrogen and oxygen atoms in total. The van der Waals surface area contributed by atoms with Gasteiger partial charge in [-0.15, -0.1) is 0 Å². The van der Waals surface area contributed by atoms with Crippen molar-refractivity contribution in [1.29, 1.82) is 0 Å².